The van der Waals surface area contributed by atoms with E-state index in [4.69, 9.17) is 0 Å². The van der Waals surface area contributed by atoms with E-state index in [0.29, 0.717) is 5.92 Å². The summed E-state index contributed by atoms with van der Waals surface area (Å²) in [5.41, 5.74) is 0.242. The van der Waals surface area contributed by atoms with Crippen molar-refractivity contribution in [1.29, 1.82) is 0 Å². The average Bonchev–Trinajstić information content (AvgIpc) is 2.89. The summed E-state index contributed by atoms with van der Waals surface area (Å²) in [5.74, 6) is -1.39. The molecule has 1 aromatic rings. The number of hydrogen-bond donors (Lipinski definition) is 0. The lowest BCUT2D eigenvalue weighted by Gasteiger charge is -2.23. The molecular weight excluding hydrogens is 248 g/mol. The standard InChI is InChI=1S/C15H19F2NO/c1-3-11-6-7-18(9-11)10(2)15(19)12-4-5-13(16)14(17)8-12/h4-5,8,10-11H,3,6-7,9H2,1-2H3. The Balaban J connectivity index is 2.08. The van der Waals surface area contributed by atoms with Gasteiger partial charge in [-0.3, -0.25) is 9.69 Å². The van der Waals surface area contributed by atoms with E-state index in [2.05, 4.69) is 11.8 Å². The maximum Gasteiger partial charge on any atom is 0.179 e. The minimum atomic E-state index is -0.967. The van der Waals surface area contributed by atoms with Gasteiger partial charge < -0.3 is 0 Å². The molecule has 2 unspecified atom stereocenters. The monoisotopic (exact) mass is 267 g/mol. The van der Waals surface area contributed by atoms with Crippen molar-refractivity contribution in [2.24, 2.45) is 5.92 Å². The minimum absolute atomic E-state index is 0.143. The predicted octanol–water partition coefficient (Wildman–Crippen LogP) is 3.27. The van der Waals surface area contributed by atoms with Crippen molar-refractivity contribution in [2.45, 2.75) is 32.7 Å². The molecule has 2 rings (SSSR count). The Bertz CT molecular complexity index is 475. The SMILES string of the molecule is CCC1CCN(C(C)C(=O)c2ccc(F)c(F)c2)C1. The molecule has 0 spiro atoms. The van der Waals surface area contributed by atoms with Crippen molar-refractivity contribution < 1.29 is 13.6 Å². The van der Waals surface area contributed by atoms with Crippen LogP contribution in [-0.4, -0.2) is 29.8 Å². The molecule has 0 aromatic heterocycles. The van der Waals surface area contributed by atoms with Crippen molar-refractivity contribution in [1.82, 2.24) is 4.90 Å². The fourth-order valence-electron chi connectivity index (χ4n) is 2.60. The Kier molecular flexibility index (Phi) is 4.30. The van der Waals surface area contributed by atoms with E-state index in [-0.39, 0.29) is 17.4 Å². The molecule has 1 aliphatic rings. The zero-order chi connectivity index (χ0) is 14.0. The lowest BCUT2D eigenvalue weighted by Crippen LogP contribution is -2.37. The van der Waals surface area contributed by atoms with Gasteiger partial charge in [-0.15, -0.1) is 0 Å². The van der Waals surface area contributed by atoms with E-state index < -0.39 is 11.6 Å². The van der Waals surface area contributed by atoms with Crippen molar-refractivity contribution in [3.63, 3.8) is 0 Å². The first kappa shape index (κ1) is 14.1. The van der Waals surface area contributed by atoms with E-state index >= 15 is 0 Å². The molecule has 0 saturated carbocycles. The van der Waals surface area contributed by atoms with Crippen LogP contribution in [0.4, 0.5) is 8.78 Å². The van der Waals surface area contributed by atoms with E-state index in [1.807, 2.05) is 6.92 Å². The second-order valence-corrected chi connectivity index (χ2v) is 5.23. The van der Waals surface area contributed by atoms with Crippen LogP contribution in [0.25, 0.3) is 0 Å². The Labute approximate surface area is 112 Å². The summed E-state index contributed by atoms with van der Waals surface area (Å²) in [7, 11) is 0. The molecule has 1 aromatic carbocycles. The van der Waals surface area contributed by atoms with Crippen LogP contribution in [0.2, 0.25) is 0 Å². The molecule has 1 heterocycles. The topological polar surface area (TPSA) is 20.3 Å². The molecule has 0 amide bonds. The number of rotatable bonds is 4. The molecule has 0 radical (unpaired) electrons. The van der Waals surface area contributed by atoms with E-state index in [9.17, 15) is 13.6 Å². The second-order valence-electron chi connectivity index (χ2n) is 5.23. The molecule has 0 N–H and O–H groups in total. The number of benzene rings is 1. The summed E-state index contributed by atoms with van der Waals surface area (Å²) in [6, 6.07) is 3.07. The molecule has 1 saturated heterocycles. The number of ketones is 1. The highest BCUT2D eigenvalue weighted by molar-refractivity contribution is 5.99. The van der Waals surface area contributed by atoms with Crippen LogP contribution in [0.15, 0.2) is 18.2 Å². The number of hydrogen-bond acceptors (Lipinski definition) is 2. The van der Waals surface area contributed by atoms with Gasteiger partial charge in [-0.25, -0.2) is 8.78 Å². The Morgan fingerprint density at radius 2 is 2.16 bits per heavy atom. The van der Waals surface area contributed by atoms with Crippen LogP contribution >= 0.6 is 0 Å². The average molecular weight is 267 g/mol. The third kappa shape index (κ3) is 3.00. The van der Waals surface area contributed by atoms with E-state index in [1.165, 1.54) is 6.07 Å². The molecular formula is C15H19F2NO. The molecule has 1 fully saturated rings. The van der Waals surface area contributed by atoms with Gasteiger partial charge in [0.05, 0.1) is 6.04 Å². The minimum Gasteiger partial charge on any atom is -0.293 e. The highest BCUT2D eigenvalue weighted by Gasteiger charge is 2.29. The summed E-state index contributed by atoms with van der Waals surface area (Å²) in [6.45, 7) is 5.79. The Morgan fingerprint density at radius 1 is 1.42 bits per heavy atom. The number of carbonyl (C=O) groups is 1. The number of halogens is 2. The van der Waals surface area contributed by atoms with Crippen molar-refractivity contribution in [3.8, 4) is 0 Å². The molecule has 0 bridgehead atoms. The largest absolute Gasteiger partial charge is 0.293 e. The summed E-state index contributed by atoms with van der Waals surface area (Å²) >= 11 is 0. The van der Waals surface area contributed by atoms with Gasteiger partial charge in [0.25, 0.3) is 0 Å². The fraction of sp³-hybridized carbons (Fsp3) is 0.533. The van der Waals surface area contributed by atoms with Gasteiger partial charge >= 0.3 is 0 Å². The smallest absolute Gasteiger partial charge is 0.179 e. The summed E-state index contributed by atoms with van der Waals surface area (Å²) < 4.78 is 26.0. The predicted molar refractivity (Wildman–Crippen MR) is 70.1 cm³/mol. The van der Waals surface area contributed by atoms with Gasteiger partial charge in [-0.2, -0.15) is 0 Å². The third-order valence-electron chi connectivity index (χ3n) is 4.03. The Hall–Kier alpha value is -1.29. The van der Waals surface area contributed by atoms with Crippen molar-refractivity contribution in [2.75, 3.05) is 13.1 Å². The maximum absolute atomic E-state index is 13.2. The number of likely N-dealkylation sites (tertiary alicyclic amines) is 1. The van der Waals surface area contributed by atoms with Crippen LogP contribution in [-0.2, 0) is 0 Å². The molecule has 0 aliphatic carbocycles. The summed E-state index contributed by atoms with van der Waals surface area (Å²) in [6.07, 6.45) is 2.22. The molecule has 104 valence electrons. The first-order valence-electron chi connectivity index (χ1n) is 6.76. The summed E-state index contributed by atoms with van der Waals surface area (Å²) in [5, 5.41) is 0. The van der Waals surface area contributed by atoms with Gasteiger partial charge in [-0.1, -0.05) is 13.3 Å². The molecule has 2 nitrogen and oxygen atoms in total. The molecule has 1 aliphatic heterocycles. The first-order chi connectivity index (χ1) is 9.02. The molecule has 19 heavy (non-hydrogen) atoms. The van der Waals surface area contributed by atoms with Gasteiger partial charge in [0, 0.05) is 12.1 Å². The van der Waals surface area contributed by atoms with E-state index in [1.54, 1.807) is 0 Å². The van der Waals surface area contributed by atoms with Crippen molar-refractivity contribution in [3.05, 3.63) is 35.4 Å². The number of nitrogens with zero attached hydrogens (tertiary/aromatic N) is 1. The highest BCUT2D eigenvalue weighted by Crippen LogP contribution is 2.23. The third-order valence-corrected chi connectivity index (χ3v) is 4.03. The van der Waals surface area contributed by atoms with Crippen LogP contribution in [0.1, 0.15) is 37.0 Å². The van der Waals surface area contributed by atoms with Crippen LogP contribution in [0, 0.1) is 17.6 Å². The van der Waals surface area contributed by atoms with E-state index in [0.717, 1.165) is 38.1 Å². The lowest BCUT2D eigenvalue weighted by atomic mass is 10.0. The maximum atomic E-state index is 13.2. The van der Waals surface area contributed by atoms with Crippen molar-refractivity contribution >= 4 is 5.78 Å². The van der Waals surface area contributed by atoms with Crippen LogP contribution in [0.3, 0.4) is 0 Å². The van der Waals surface area contributed by atoms with Crippen LogP contribution in [0.5, 0.6) is 0 Å². The fourth-order valence-corrected chi connectivity index (χ4v) is 2.60. The number of carbonyl (C=O) groups excluding carboxylic acids is 1. The lowest BCUT2D eigenvalue weighted by molar-refractivity contribution is 0.0862. The number of Topliss-reactive ketones (excluding diaryl/α,β-unsaturated/α-hetero) is 1. The Morgan fingerprint density at radius 3 is 2.74 bits per heavy atom. The second kappa shape index (κ2) is 5.78. The normalized spacial score (nSPS) is 21.6. The van der Waals surface area contributed by atoms with Gasteiger partial charge in [0.15, 0.2) is 17.4 Å². The first-order valence-corrected chi connectivity index (χ1v) is 6.76. The van der Waals surface area contributed by atoms with Crippen LogP contribution < -0.4 is 0 Å². The zero-order valence-electron chi connectivity index (χ0n) is 11.3. The van der Waals surface area contributed by atoms with Gasteiger partial charge in [0.1, 0.15) is 0 Å². The summed E-state index contributed by atoms with van der Waals surface area (Å²) in [4.78, 5) is 14.4. The van der Waals surface area contributed by atoms with Gasteiger partial charge in [-0.05, 0) is 44.0 Å². The highest BCUT2D eigenvalue weighted by atomic mass is 19.2. The molecule has 4 heteroatoms. The zero-order valence-corrected chi connectivity index (χ0v) is 11.3. The quantitative estimate of drug-likeness (QED) is 0.780. The molecule has 2 atom stereocenters. The van der Waals surface area contributed by atoms with Gasteiger partial charge in [0.2, 0.25) is 0 Å².